The Balaban J connectivity index is 2.03. The molecule has 24 heavy (non-hydrogen) atoms. The second-order valence-electron chi connectivity index (χ2n) is 5.17. The number of carbonyl (C=O) groups excluding carboxylic acids is 1. The number of ether oxygens (including phenoxy) is 3. The molecule has 0 saturated carbocycles. The van der Waals surface area contributed by atoms with Crippen molar-refractivity contribution in [2.75, 3.05) is 38.5 Å². The number of hydrogen-bond donors (Lipinski definition) is 2. The normalized spacial score (nSPS) is 10.0. The first-order chi connectivity index (χ1) is 11.6. The average molecular weight is 330 g/mol. The molecule has 0 spiro atoms. The van der Waals surface area contributed by atoms with Gasteiger partial charge in [0.05, 0.1) is 39.2 Å². The van der Waals surface area contributed by atoms with Gasteiger partial charge in [-0.1, -0.05) is 6.07 Å². The van der Waals surface area contributed by atoms with Gasteiger partial charge >= 0.3 is 0 Å². The van der Waals surface area contributed by atoms with Gasteiger partial charge in [0.1, 0.15) is 17.2 Å². The van der Waals surface area contributed by atoms with E-state index in [1.165, 1.54) is 0 Å². The zero-order chi connectivity index (χ0) is 17.5. The highest BCUT2D eigenvalue weighted by Crippen LogP contribution is 2.29. The third-order valence-corrected chi connectivity index (χ3v) is 3.48. The number of methoxy groups -OCH3 is 3. The molecule has 0 aliphatic rings. The minimum absolute atomic E-state index is 0.106. The van der Waals surface area contributed by atoms with Gasteiger partial charge in [-0.15, -0.1) is 0 Å². The van der Waals surface area contributed by atoms with Crippen LogP contribution < -0.4 is 24.8 Å². The first-order valence-electron chi connectivity index (χ1n) is 7.47. The Labute approximate surface area is 141 Å². The fourth-order valence-corrected chi connectivity index (χ4v) is 2.23. The summed E-state index contributed by atoms with van der Waals surface area (Å²) < 4.78 is 15.7. The summed E-state index contributed by atoms with van der Waals surface area (Å²) >= 11 is 0. The standard InChI is InChI=1S/C18H22N2O4/c1-12-5-8-16(23-3)15(9-12)19-11-18(21)20-14-7-6-13(22-2)10-17(14)24-4/h5-10,19H,11H2,1-4H3,(H,20,21). The zero-order valence-electron chi connectivity index (χ0n) is 14.3. The molecule has 0 bridgehead atoms. The van der Waals surface area contributed by atoms with Crippen molar-refractivity contribution in [3.8, 4) is 17.2 Å². The third kappa shape index (κ3) is 4.32. The van der Waals surface area contributed by atoms with Gasteiger partial charge in [0.15, 0.2) is 0 Å². The molecule has 0 atom stereocenters. The van der Waals surface area contributed by atoms with Gasteiger partial charge in [-0.05, 0) is 36.8 Å². The third-order valence-electron chi connectivity index (χ3n) is 3.48. The Kier molecular flexibility index (Phi) is 5.89. The molecule has 0 aliphatic carbocycles. The summed E-state index contributed by atoms with van der Waals surface area (Å²) in [6, 6.07) is 11.0. The van der Waals surface area contributed by atoms with E-state index in [1.807, 2.05) is 25.1 Å². The monoisotopic (exact) mass is 330 g/mol. The van der Waals surface area contributed by atoms with Crippen LogP contribution in [0.4, 0.5) is 11.4 Å². The van der Waals surface area contributed by atoms with E-state index < -0.39 is 0 Å². The largest absolute Gasteiger partial charge is 0.497 e. The van der Waals surface area contributed by atoms with E-state index in [-0.39, 0.29) is 12.5 Å². The van der Waals surface area contributed by atoms with Gasteiger partial charge < -0.3 is 24.8 Å². The summed E-state index contributed by atoms with van der Waals surface area (Å²) in [6.45, 7) is 2.09. The number of benzene rings is 2. The van der Waals surface area contributed by atoms with Gasteiger partial charge in [0, 0.05) is 6.07 Å². The van der Waals surface area contributed by atoms with Crippen LogP contribution in [0.1, 0.15) is 5.56 Å². The number of carbonyl (C=O) groups is 1. The fourth-order valence-electron chi connectivity index (χ4n) is 2.23. The number of hydrogen-bond acceptors (Lipinski definition) is 5. The van der Waals surface area contributed by atoms with E-state index in [9.17, 15) is 4.79 Å². The minimum Gasteiger partial charge on any atom is -0.497 e. The molecular weight excluding hydrogens is 308 g/mol. The highest BCUT2D eigenvalue weighted by Gasteiger charge is 2.10. The average Bonchev–Trinajstić information content (AvgIpc) is 2.60. The van der Waals surface area contributed by atoms with Gasteiger partial charge in [0.2, 0.25) is 5.91 Å². The van der Waals surface area contributed by atoms with E-state index in [0.29, 0.717) is 22.9 Å². The molecule has 0 saturated heterocycles. The lowest BCUT2D eigenvalue weighted by atomic mass is 10.2. The van der Waals surface area contributed by atoms with Gasteiger partial charge in [-0.2, -0.15) is 0 Å². The number of amides is 1. The van der Waals surface area contributed by atoms with Crippen molar-refractivity contribution in [3.63, 3.8) is 0 Å². The first kappa shape index (κ1) is 17.5. The Morgan fingerprint density at radius 2 is 1.67 bits per heavy atom. The number of nitrogens with one attached hydrogen (secondary N) is 2. The molecule has 6 nitrogen and oxygen atoms in total. The minimum atomic E-state index is -0.193. The Morgan fingerprint density at radius 1 is 0.917 bits per heavy atom. The summed E-state index contributed by atoms with van der Waals surface area (Å²) in [5.41, 5.74) is 2.44. The van der Waals surface area contributed by atoms with Crippen LogP contribution >= 0.6 is 0 Å². The predicted octanol–water partition coefficient (Wildman–Crippen LogP) is 3.07. The van der Waals surface area contributed by atoms with Crippen molar-refractivity contribution in [1.82, 2.24) is 0 Å². The van der Waals surface area contributed by atoms with E-state index in [0.717, 1.165) is 11.3 Å². The predicted molar refractivity (Wildman–Crippen MR) is 94.4 cm³/mol. The van der Waals surface area contributed by atoms with E-state index in [2.05, 4.69) is 10.6 Å². The van der Waals surface area contributed by atoms with Crippen molar-refractivity contribution < 1.29 is 19.0 Å². The van der Waals surface area contributed by atoms with Crippen LogP contribution in [-0.4, -0.2) is 33.8 Å². The Hall–Kier alpha value is -2.89. The Bertz CT molecular complexity index is 716. The zero-order valence-corrected chi connectivity index (χ0v) is 14.3. The molecule has 0 aliphatic heterocycles. The molecule has 2 rings (SSSR count). The summed E-state index contributed by atoms with van der Waals surface area (Å²) in [5.74, 6) is 1.70. The number of anilines is 2. The fraction of sp³-hybridized carbons (Fsp3) is 0.278. The van der Waals surface area contributed by atoms with Crippen LogP contribution in [0.2, 0.25) is 0 Å². The SMILES string of the molecule is COc1ccc(NC(=O)CNc2cc(C)ccc2OC)c(OC)c1. The van der Waals surface area contributed by atoms with Crippen molar-refractivity contribution in [1.29, 1.82) is 0 Å². The molecular formula is C18H22N2O4. The van der Waals surface area contributed by atoms with Crippen molar-refractivity contribution >= 4 is 17.3 Å². The molecule has 0 heterocycles. The van der Waals surface area contributed by atoms with Gasteiger partial charge in [-0.25, -0.2) is 0 Å². The molecule has 2 N–H and O–H groups in total. The summed E-state index contributed by atoms with van der Waals surface area (Å²) in [4.78, 5) is 12.2. The maximum absolute atomic E-state index is 12.2. The molecule has 0 unspecified atom stereocenters. The van der Waals surface area contributed by atoms with Gasteiger partial charge in [0.25, 0.3) is 0 Å². The van der Waals surface area contributed by atoms with Crippen molar-refractivity contribution in [2.24, 2.45) is 0 Å². The maximum atomic E-state index is 12.2. The van der Waals surface area contributed by atoms with Gasteiger partial charge in [-0.3, -0.25) is 4.79 Å². The van der Waals surface area contributed by atoms with Crippen molar-refractivity contribution in [3.05, 3.63) is 42.0 Å². The van der Waals surface area contributed by atoms with Crippen molar-refractivity contribution in [2.45, 2.75) is 6.92 Å². The van der Waals surface area contributed by atoms with Crippen LogP contribution in [0.25, 0.3) is 0 Å². The van der Waals surface area contributed by atoms with Crippen LogP contribution in [0.5, 0.6) is 17.2 Å². The molecule has 2 aromatic rings. The molecule has 128 valence electrons. The quantitative estimate of drug-likeness (QED) is 0.816. The highest BCUT2D eigenvalue weighted by molar-refractivity contribution is 5.95. The lowest BCUT2D eigenvalue weighted by Crippen LogP contribution is -2.22. The highest BCUT2D eigenvalue weighted by atomic mass is 16.5. The van der Waals surface area contributed by atoms with E-state index in [1.54, 1.807) is 39.5 Å². The lowest BCUT2D eigenvalue weighted by molar-refractivity contribution is -0.114. The van der Waals surface area contributed by atoms with E-state index in [4.69, 9.17) is 14.2 Å². The topological polar surface area (TPSA) is 68.8 Å². The second kappa shape index (κ2) is 8.10. The van der Waals surface area contributed by atoms with Crippen LogP contribution in [0.3, 0.4) is 0 Å². The molecule has 2 aromatic carbocycles. The van der Waals surface area contributed by atoms with Crippen LogP contribution in [-0.2, 0) is 4.79 Å². The smallest absolute Gasteiger partial charge is 0.243 e. The molecule has 1 amide bonds. The number of aryl methyl sites for hydroxylation is 1. The molecule has 6 heteroatoms. The first-order valence-corrected chi connectivity index (χ1v) is 7.47. The summed E-state index contributed by atoms with van der Waals surface area (Å²) in [5, 5.41) is 5.89. The van der Waals surface area contributed by atoms with Crippen LogP contribution in [0, 0.1) is 6.92 Å². The molecule has 0 fully saturated rings. The van der Waals surface area contributed by atoms with E-state index >= 15 is 0 Å². The Morgan fingerprint density at radius 3 is 2.33 bits per heavy atom. The summed E-state index contributed by atoms with van der Waals surface area (Å²) in [6.07, 6.45) is 0. The molecule has 0 radical (unpaired) electrons. The van der Waals surface area contributed by atoms with Crippen LogP contribution in [0.15, 0.2) is 36.4 Å². The number of rotatable bonds is 7. The molecule has 0 aromatic heterocycles. The maximum Gasteiger partial charge on any atom is 0.243 e. The second-order valence-corrected chi connectivity index (χ2v) is 5.17. The lowest BCUT2D eigenvalue weighted by Gasteiger charge is -2.14. The summed E-state index contributed by atoms with van der Waals surface area (Å²) in [7, 11) is 4.71.